The van der Waals surface area contributed by atoms with Crippen LogP contribution in [0.3, 0.4) is 0 Å². The van der Waals surface area contributed by atoms with Crippen LogP contribution in [-0.2, 0) is 16.0 Å². The lowest BCUT2D eigenvalue weighted by atomic mass is 9.94. The van der Waals surface area contributed by atoms with E-state index in [2.05, 4.69) is 10.3 Å². The Morgan fingerprint density at radius 1 is 1.33 bits per heavy atom. The number of amides is 1. The largest absolute Gasteiger partial charge is 0.381 e. The maximum absolute atomic E-state index is 11.1. The third-order valence-electron chi connectivity index (χ3n) is 3.65. The highest BCUT2D eigenvalue weighted by Gasteiger charge is 2.32. The Labute approximate surface area is 105 Å². The van der Waals surface area contributed by atoms with Gasteiger partial charge in [0.2, 0.25) is 5.91 Å². The zero-order valence-corrected chi connectivity index (χ0v) is 10.3. The van der Waals surface area contributed by atoms with E-state index in [0.717, 1.165) is 50.3 Å². The fourth-order valence-electron chi connectivity index (χ4n) is 2.61. The summed E-state index contributed by atoms with van der Waals surface area (Å²) in [6.07, 6.45) is 4.47. The van der Waals surface area contributed by atoms with Crippen molar-refractivity contribution < 1.29 is 9.53 Å². The third kappa shape index (κ3) is 2.25. The number of ether oxygens (including phenoxy) is 1. The van der Waals surface area contributed by atoms with Gasteiger partial charge < -0.3 is 10.5 Å². The topological polar surface area (TPSA) is 83.0 Å². The van der Waals surface area contributed by atoms with E-state index in [9.17, 15) is 4.79 Å². The van der Waals surface area contributed by atoms with Gasteiger partial charge in [0.05, 0.1) is 23.9 Å². The lowest BCUT2D eigenvalue weighted by molar-refractivity contribution is -0.117. The van der Waals surface area contributed by atoms with Crippen LogP contribution in [0, 0.1) is 0 Å². The average molecular weight is 250 g/mol. The normalized spacial score (nSPS) is 21.1. The van der Waals surface area contributed by atoms with E-state index in [0.29, 0.717) is 12.0 Å². The summed E-state index contributed by atoms with van der Waals surface area (Å²) < 4.78 is 7.42. The number of nitrogens with zero attached hydrogens (tertiary/aromatic N) is 3. The molecule has 0 unspecified atom stereocenters. The summed E-state index contributed by atoms with van der Waals surface area (Å²) in [4.78, 5) is 11.1. The molecule has 1 saturated carbocycles. The minimum absolute atomic E-state index is 0.194. The predicted octanol–water partition coefficient (Wildman–Crippen LogP) is 0.535. The Morgan fingerprint density at radius 3 is 2.67 bits per heavy atom. The maximum atomic E-state index is 11.1. The summed E-state index contributed by atoms with van der Waals surface area (Å²) in [6, 6.07) is 0.483. The summed E-state index contributed by atoms with van der Waals surface area (Å²) in [6.45, 7) is 1.55. The fourth-order valence-corrected chi connectivity index (χ4v) is 2.61. The fraction of sp³-hybridized carbons (Fsp3) is 0.750. The zero-order valence-electron chi connectivity index (χ0n) is 10.3. The molecule has 1 aromatic rings. The molecule has 2 aliphatic rings. The number of rotatable bonds is 4. The maximum Gasteiger partial charge on any atom is 0.223 e. The highest BCUT2D eigenvalue weighted by atomic mass is 16.5. The molecular weight excluding hydrogens is 232 g/mol. The van der Waals surface area contributed by atoms with Gasteiger partial charge in [0.15, 0.2) is 0 Å². The van der Waals surface area contributed by atoms with Crippen LogP contribution < -0.4 is 5.73 Å². The smallest absolute Gasteiger partial charge is 0.223 e. The van der Waals surface area contributed by atoms with Crippen LogP contribution in [0.4, 0.5) is 0 Å². The van der Waals surface area contributed by atoms with Crippen molar-refractivity contribution in [2.24, 2.45) is 5.73 Å². The quantitative estimate of drug-likeness (QED) is 0.845. The molecule has 6 nitrogen and oxygen atoms in total. The van der Waals surface area contributed by atoms with Crippen LogP contribution in [-0.4, -0.2) is 34.1 Å². The molecule has 0 radical (unpaired) electrons. The number of carbonyl (C=O) groups is 1. The molecule has 0 atom stereocenters. The Morgan fingerprint density at radius 2 is 2.06 bits per heavy atom. The lowest BCUT2D eigenvalue weighted by Crippen LogP contribution is -2.21. The van der Waals surface area contributed by atoms with Crippen LogP contribution in [0.25, 0.3) is 0 Å². The minimum Gasteiger partial charge on any atom is -0.381 e. The van der Waals surface area contributed by atoms with E-state index in [4.69, 9.17) is 10.5 Å². The first-order chi connectivity index (χ1) is 8.75. The molecule has 6 heteroatoms. The Hall–Kier alpha value is -1.43. The average Bonchev–Trinajstić information content (AvgIpc) is 3.12. The third-order valence-corrected chi connectivity index (χ3v) is 3.65. The van der Waals surface area contributed by atoms with Crippen molar-refractivity contribution in [3.63, 3.8) is 0 Å². The van der Waals surface area contributed by atoms with E-state index < -0.39 is 0 Å². The number of primary amides is 1. The van der Waals surface area contributed by atoms with Gasteiger partial charge in [-0.25, -0.2) is 4.68 Å². The zero-order chi connectivity index (χ0) is 12.5. The number of hydrogen-bond donors (Lipinski definition) is 1. The van der Waals surface area contributed by atoms with Gasteiger partial charge in [-0.15, -0.1) is 5.10 Å². The molecule has 0 spiro atoms. The van der Waals surface area contributed by atoms with E-state index >= 15 is 0 Å². The SMILES string of the molecule is NC(=O)Cc1nnn(C2CC2)c1C1CCOCC1. The summed E-state index contributed by atoms with van der Waals surface area (Å²) >= 11 is 0. The van der Waals surface area contributed by atoms with Crippen molar-refractivity contribution in [1.82, 2.24) is 15.0 Å². The second-order valence-electron chi connectivity index (χ2n) is 5.13. The van der Waals surface area contributed by atoms with Gasteiger partial charge >= 0.3 is 0 Å². The van der Waals surface area contributed by atoms with Gasteiger partial charge in [-0.05, 0) is 25.7 Å². The molecule has 0 bridgehead atoms. The standard InChI is InChI=1S/C12H18N4O2/c13-11(17)7-10-12(8-3-5-18-6-4-8)16(15-14-10)9-1-2-9/h8-9H,1-7H2,(H2,13,17). The van der Waals surface area contributed by atoms with E-state index in [1.165, 1.54) is 0 Å². The number of nitrogens with two attached hydrogens (primary N) is 1. The van der Waals surface area contributed by atoms with Gasteiger partial charge in [0.1, 0.15) is 0 Å². The lowest BCUT2D eigenvalue weighted by Gasteiger charge is -2.23. The van der Waals surface area contributed by atoms with Gasteiger partial charge in [-0.1, -0.05) is 5.21 Å². The first-order valence-corrected chi connectivity index (χ1v) is 6.55. The molecule has 2 N–H and O–H groups in total. The number of aromatic nitrogens is 3. The first kappa shape index (κ1) is 11.6. The van der Waals surface area contributed by atoms with Crippen LogP contribution >= 0.6 is 0 Å². The molecule has 1 saturated heterocycles. The van der Waals surface area contributed by atoms with Crippen molar-refractivity contribution in [2.75, 3.05) is 13.2 Å². The van der Waals surface area contributed by atoms with Crippen LogP contribution in [0.5, 0.6) is 0 Å². The van der Waals surface area contributed by atoms with Crippen LogP contribution in [0.2, 0.25) is 0 Å². The molecule has 2 heterocycles. The summed E-state index contributed by atoms with van der Waals surface area (Å²) in [7, 11) is 0. The van der Waals surface area contributed by atoms with E-state index in [1.54, 1.807) is 0 Å². The van der Waals surface area contributed by atoms with Crippen molar-refractivity contribution in [3.8, 4) is 0 Å². The highest BCUT2D eigenvalue weighted by Crippen LogP contribution is 2.39. The summed E-state index contributed by atoms with van der Waals surface area (Å²) in [5, 5.41) is 8.39. The van der Waals surface area contributed by atoms with Crippen LogP contribution in [0.15, 0.2) is 0 Å². The second-order valence-corrected chi connectivity index (χ2v) is 5.13. The molecule has 1 aromatic heterocycles. The molecule has 2 fully saturated rings. The Kier molecular flexibility index (Phi) is 3.03. The molecule has 1 aliphatic heterocycles. The van der Waals surface area contributed by atoms with Crippen molar-refractivity contribution in [3.05, 3.63) is 11.4 Å². The van der Waals surface area contributed by atoms with E-state index in [-0.39, 0.29) is 12.3 Å². The van der Waals surface area contributed by atoms with Gasteiger partial charge in [-0.3, -0.25) is 4.79 Å². The Balaban J connectivity index is 1.91. The van der Waals surface area contributed by atoms with Gasteiger partial charge in [0.25, 0.3) is 0 Å². The molecule has 0 aromatic carbocycles. The van der Waals surface area contributed by atoms with Gasteiger partial charge in [-0.2, -0.15) is 0 Å². The minimum atomic E-state index is -0.342. The number of hydrogen-bond acceptors (Lipinski definition) is 4. The highest BCUT2D eigenvalue weighted by molar-refractivity contribution is 5.76. The first-order valence-electron chi connectivity index (χ1n) is 6.55. The molecule has 18 heavy (non-hydrogen) atoms. The van der Waals surface area contributed by atoms with Crippen molar-refractivity contribution in [2.45, 2.75) is 44.1 Å². The van der Waals surface area contributed by atoms with Gasteiger partial charge in [0, 0.05) is 19.1 Å². The second kappa shape index (κ2) is 4.68. The monoisotopic (exact) mass is 250 g/mol. The van der Waals surface area contributed by atoms with E-state index in [1.807, 2.05) is 4.68 Å². The summed E-state index contributed by atoms with van der Waals surface area (Å²) in [5.74, 6) is 0.0647. The Bertz CT molecular complexity index is 447. The van der Waals surface area contributed by atoms with Crippen LogP contribution in [0.1, 0.15) is 49.0 Å². The van der Waals surface area contributed by atoms with Crippen molar-refractivity contribution >= 4 is 5.91 Å². The number of carbonyl (C=O) groups excluding carboxylic acids is 1. The molecule has 1 amide bonds. The molecule has 1 aliphatic carbocycles. The summed E-state index contributed by atoms with van der Waals surface area (Å²) in [5.41, 5.74) is 7.17. The molecular formula is C12H18N4O2. The predicted molar refractivity (Wildman–Crippen MR) is 64.0 cm³/mol. The van der Waals surface area contributed by atoms with Crippen molar-refractivity contribution in [1.29, 1.82) is 0 Å². The molecule has 98 valence electrons. The molecule has 3 rings (SSSR count).